The maximum Gasteiger partial charge on any atom is 0.338 e. The summed E-state index contributed by atoms with van der Waals surface area (Å²) in [5, 5.41) is 7.60. The average Bonchev–Trinajstić information content (AvgIpc) is 3.26. The van der Waals surface area contributed by atoms with Gasteiger partial charge in [0.15, 0.2) is 0 Å². The van der Waals surface area contributed by atoms with Gasteiger partial charge in [0.2, 0.25) is 0 Å². The van der Waals surface area contributed by atoms with Crippen LogP contribution in [0, 0.1) is 13.8 Å². The Kier molecular flexibility index (Phi) is 6.54. The van der Waals surface area contributed by atoms with Crippen LogP contribution in [-0.2, 0) is 4.74 Å². The van der Waals surface area contributed by atoms with Gasteiger partial charge in [-0.1, -0.05) is 17.7 Å². The molecule has 0 saturated heterocycles. The quantitative estimate of drug-likeness (QED) is 0.524. The van der Waals surface area contributed by atoms with E-state index in [1.54, 1.807) is 41.8 Å². The number of nitrogens with one attached hydrogen (secondary N) is 2. The molecule has 0 fully saturated rings. The number of rotatable bonds is 5. The third kappa shape index (κ3) is 4.69. The van der Waals surface area contributed by atoms with Crippen molar-refractivity contribution < 1.29 is 19.1 Å². The number of benzene rings is 2. The largest absolute Gasteiger partial charge is 0.465 e. The molecule has 0 aliphatic carbocycles. The number of esters is 1. The SMILES string of the molecule is COC(=O)c1cc(NC(=O)c2ccc(Cl)c(NC(=O)c3cccs3)c2)cc(C)c1C. The zero-order valence-electron chi connectivity index (χ0n) is 16.5. The van der Waals surface area contributed by atoms with E-state index in [0.717, 1.165) is 11.1 Å². The molecule has 2 amide bonds. The number of hydrogen-bond donors (Lipinski definition) is 2. The summed E-state index contributed by atoms with van der Waals surface area (Å²) in [6, 6.07) is 11.4. The Bertz CT molecular complexity index is 1130. The molecule has 0 aliphatic heterocycles. The van der Waals surface area contributed by atoms with Crippen molar-refractivity contribution in [3.8, 4) is 0 Å². The maximum atomic E-state index is 12.8. The molecule has 2 aromatic carbocycles. The van der Waals surface area contributed by atoms with E-state index in [2.05, 4.69) is 10.6 Å². The molecule has 1 heterocycles. The third-order valence-corrected chi connectivity index (χ3v) is 5.75. The fourth-order valence-corrected chi connectivity index (χ4v) is 3.59. The summed E-state index contributed by atoms with van der Waals surface area (Å²) in [5.74, 6) is -1.18. The van der Waals surface area contributed by atoms with Crippen LogP contribution in [-0.4, -0.2) is 24.9 Å². The van der Waals surface area contributed by atoms with Crippen molar-refractivity contribution in [3.63, 3.8) is 0 Å². The number of aryl methyl sites for hydroxylation is 1. The van der Waals surface area contributed by atoms with E-state index in [-0.39, 0.29) is 5.91 Å². The van der Waals surface area contributed by atoms with Crippen LogP contribution in [0.15, 0.2) is 47.8 Å². The molecule has 0 aliphatic rings. The number of thiophene rings is 1. The average molecular weight is 443 g/mol. The number of anilines is 2. The number of halogens is 1. The summed E-state index contributed by atoms with van der Waals surface area (Å²) in [4.78, 5) is 37.6. The number of carbonyl (C=O) groups excluding carboxylic acids is 3. The minimum atomic E-state index is -0.475. The molecule has 0 atom stereocenters. The van der Waals surface area contributed by atoms with Gasteiger partial charge in [-0.3, -0.25) is 9.59 Å². The van der Waals surface area contributed by atoms with Gasteiger partial charge in [-0.2, -0.15) is 0 Å². The summed E-state index contributed by atoms with van der Waals surface area (Å²) < 4.78 is 4.81. The minimum absolute atomic E-state index is 0.304. The molecule has 0 radical (unpaired) electrons. The monoisotopic (exact) mass is 442 g/mol. The lowest BCUT2D eigenvalue weighted by Gasteiger charge is -2.13. The molecule has 3 rings (SSSR count). The first-order valence-electron chi connectivity index (χ1n) is 8.95. The minimum Gasteiger partial charge on any atom is -0.465 e. The van der Waals surface area contributed by atoms with E-state index >= 15 is 0 Å². The molecule has 0 saturated carbocycles. The number of amides is 2. The first kappa shape index (κ1) is 21.5. The third-order valence-electron chi connectivity index (χ3n) is 4.55. The molecule has 0 spiro atoms. The molecule has 6 nitrogen and oxygen atoms in total. The van der Waals surface area contributed by atoms with Gasteiger partial charge >= 0.3 is 5.97 Å². The first-order chi connectivity index (χ1) is 14.3. The van der Waals surface area contributed by atoms with Gasteiger partial charge in [0.05, 0.1) is 28.3 Å². The van der Waals surface area contributed by atoms with Gasteiger partial charge in [-0.15, -0.1) is 11.3 Å². The molecule has 2 N–H and O–H groups in total. The molecule has 1 aromatic heterocycles. The second-order valence-electron chi connectivity index (χ2n) is 6.54. The van der Waals surface area contributed by atoms with Crippen molar-refractivity contribution >= 4 is 52.1 Å². The highest BCUT2D eigenvalue weighted by atomic mass is 35.5. The van der Waals surface area contributed by atoms with Crippen molar-refractivity contribution in [1.82, 2.24) is 0 Å². The summed E-state index contributed by atoms with van der Waals surface area (Å²) >= 11 is 7.49. The second kappa shape index (κ2) is 9.11. The number of methoxy groups -OCH3 is 1. The Morgan fingerprint density at radius 1 is 1.00 bits per heavy atom. The van der Waals surface area contributed by atoms with E-state index in [1.165, 1.54) is 24.5 Å². The van der Waals surface area contributed by atoms with Crippen molar-refractivity contribution in [2.24, 2.45) is 0 Å². The summed E-state index contributed by atoms with van der Waals surface area (Å²) in [6.07, 6.45) is 0. The van der Waals surface area contributed by atoms with Crippen LogP contribution in [0.1, 0.15) is 41.5 Å². The Morgan fingerprint density at radius 3 is 2.43 bits per heavy atom. The van der Waals surface area contributed by atoms with Crippen molar-refractivity contribution in [3.05, 3.63) is 80.0 Å². The molecule has 154 valence electrons. The van der Waals surface area contributed by atoms with Crippen LogP contribution >= 0.6 is 22.9 Å². The predicted molar refractivity (Wildman–Crippen MR) is 119 cm³/mol. The molecule has 30 heavy (non-hydrogen) atoms. The molecule has 0 bridgehead atoms. The maximum absolute atomic E-state index is 12.8. The van der Waals surface area contributed by atoms with E-state index < -0.39 is 11.9 Å². The number of carbonyl (C=O) groups is 3. The molecule has 0 unspecified atom stereocenters. The predicted octanol–water partition coefficient (Wildman–Crippen LogP) is 5.31. The van der Waals surface area contributed by atoms with Crippen LogP contribution in [0.5, 0.6) is 0 Å². The van der Waals surface area contributed by atoms with Gasteiger partial charge in [-0.25, -0.2) is 4.79 Å². The fraction of sp³-hybridized carbons (Fsp3) is 0.136. The Labute approximate surface area is 182 Å². The summed E-state index contributed by atoms with van der Waals surface area (Å²) in [6.45, 7) is 3.66. The van der Waals surface area contributed by atoms with Gasteiger partial charge in [0.1, 0.15) is 0 Å². The molecule has 8 heteroatoms. The van der Waals surface area contributed by atoms with Crippen LogP contribution in [0.2, 0.25) is 5.02 Å². The van der Waals surface area contributed by atoms with Gasteiger partial charge in [0, 0.05) is 11.3 Å². The van der Waals surface area contributed by atoms with Crippen molar-refractivity contribution in [2.75, 3.05) is 17.7 Å². The lowest BCUT2D eigenvalue weighted by atomic mass is 10.0. The summed E-state index contributed by atoms with van der Waals surface area (Å²) in [7, 11) is 1.31. The highest BCUT2D eigenvalue weighted by Crippen LogP contribution is 2.26. The number of ether oxygens (including phenoxy) is 1. The standard InChI is InChI=1S/C22H19ClN2O4S/c1-12-9-15(11-16(13(12)2)22(28)29-3)24-20(26)14-6-7-17(23)18(10-14)25-21(27)19-5-4-8-30-19/h4-11H,1-3H3,(H,24,26)(H,25,27). The topological polar surface area (TPSA) is 84.5 Å². The Morgan fingerprint density at radius 2 is 1.77 bits per heavy atom. The van der Waals surface area contributed by atoms with Crippen LogP contribution in [0.25, 0.3) is 0 Å². The van der Waals surface area contributed by atoms with Gasteiger partial charge < -0.3 is 15.4 Å². The van der Waals surface area contributed by atoms with Gasteiger partial charge in [-0.05, 0) is 66.8 Å². The van der Waals surface area contributed by atoms with Crippen molar-refractivity contribution in [1.29, 1.82) is 0 Å². The Hall–Kier alpha value is -3.16. The Balaban J connectivity index is 1.83. The zero-order valence-corrected chi connectivity index (χ0v) is 18.1. The number of hydrogen-bond acceptors (Lipinski definition) is 5. The van der Waals surface area contributed by atoms with Crippen molar-refractivity contribution in [2.45, 2.75) is 13.8 Å². The van der Waals surface area contributed by atoms with Crippen LogP contribution < -0.4 is 10.6 Å². The van der Waals surface area contributed by atoms with E-state index in [9.17, 15) is 14.4 Å². The lowest BCUT2D eigenvalue weighted by Crippen LogP contribution is -2.15. The summed E-state index contributed by atoms with van der Waals surface area (Å²) in [5.41, 5.74) is 3.10. The van der Waals surface area contributed by atoms with Crippen LogP contribution in [0.4, 0.5) is 11.4 Å². The molecule has 3 aromatic rings. The van der Waals surface area contributed by atoms with E-state index in [0.29, 0.717) is 32.4 Å². The first-order valence-corrected chi connectivity index (χ1v) is 10.2. The smallest absolute Gasteiger partial charge is 0.338 e. The van der Waals surface area contributed by atoms with Crippen LogP contribution in [0.3, 0.4) is 0 Å². The van der Waals surface area contributed by atoms with E-state index in [1.807, 2.05) is 13.8 Å². The second-order valence-corrected chi connectivity index (χ2v) is 7.89. The molecular formula is C22H19ClN2O4S. The highest BCUT2D eigenvalue weighted by Gasteiger charge is 2.16. The normalized spacial score (nSPS) is 10.4. The zero-order chi connectivity index (χ0) is 21.8. The van der Waals surface area contributed by atoms with E-state index in [4.69, 9.17) is 16.3 Å². The highest BCUT2D eigenvalue weighted by molar-refractivity contribution is 7.12. The fourth-order valence-electron chi connectivity index (χ4n) is 2.81. The lowest BCUT2D eigenvalue weighted by molar-refractivity contribution is 0.0599. The van der Waals surface area contributed by atoms with Gasteiger partial charge in [0.25, 0.3) is 11.8 Å². The molecular weight excluding hydrogens is 424 g/mol.